The third kappa shape index (κ3) is 3.96. The first-order valence-corrected chi connectivity index (χ1v) is 8.99. The number of nitrogens with zero attached hydrogens (tertiary/aromatic N) is 3. The summed E-state index contributed by atoms with van der Waals surface area (Å²) in [6.07, 6.45) is 2.40. The highest BCUT2D eigenvalue weighted by Crippen LogP contribution is 2.32. The van der Waals surface area contributed by atoms with Gasteiger partial charge in [0.2, 0.25) is 0 Å². The van der Waals surface area contributed by atoms with E-state index < -0.39 is 0 Å². The first kappa shape index (κ1) is 18.9. The van der Waals surface area contributed by atoms with Gasteiger partial charge in [0.05, 0.1) is 12.1 Å². The molecule has 1 aliphatic heterocycles. The zero-order valence-corrected chi connectivity index (χ0v) is 15.8. The largest absolute Gasteiger partial charge is 0.396 e. The van der Waals surface area contributed by atoms with Crippen molar-refractivity contribution in [2.75, 3.05) is 45.2 Å². The van der Waals surface area contributed by atoms with Gasteiger partial charge in [-0.25, -0.2) is 4.98 Å². The van der Waals surface area contributed by atoms with Crippen LogP contribution in [0.4, 0.5) is 5.13 Å². The van der Waals surface area contributed by atoms with Crippen LogP contribution >= 0.6 is 11.3 Å². The van der Waals surface area contributed by atoms with Crippen LogP contribution in [0.5, 0.6) is 0 Å². The number of carbonyl (C=O) groups excluding carboxylic acids is 1. The van der Waals surface area contributed by atoms with Gasteiger partial charge in [0.15, 0.2) is 5.13 Å². The van der Waals surface area contributed by atoms with E-state index in [-0.39, 0.29) is 23.5 Å². The van der Waals surface area contributed by atoms with Crippen LogP contribution in [0.2, 0.25) is 0 Å². The van der Waals surface area contributed by atoms with E-state index in [4.69, 9.17) is 0 Å². The topological polar surface area (TPSA) is 68.7 Å². The standard InChI is InChI=1S/C17H28N4O2S/c1-6-7-16(2,12-22)9-18-14(23)13-8-24-15(19-13)21-10-17(3,11-21)20(4)5/h6,8,22H,1,7,9-12H2,2-5H3,(H,18,23). The summed E-state index contributed by atoms with van der Waals surface area (Å²) in [5.41, 5.74) is 0.218. The van der Waals surface area contributed by atoms with Gasteiger partial charge in [-0.1, -0.05) is 13.0 Å². The van der Waals surface area contributed by atoms with E-state index in [0.717, 1.165) is 18.2 Å². The maximum atomic E-state index is 12.3. The van der Waals surface area contributed by atoms with Gasteiger partial charge in [-0.3, -0.25) is 4.79 Å². The van der Waals surface area contributed by atoms with Crippen LogP contribution < -0.4 is 10.2 Å². The number of nitrogens with one attached hydrogen (secondary N) is 1. The van der Waals surface area contributed by atoms with Crippen molar-refractivity contribution in [3.8, 4) is 0 Å². The molecule has 1 amide bonds. The Morgan fingerprint density at radius 3 is 2.83 bits per heavy atom. The Morgan fingerprint density at radius 2 is 2.29 bits per heavy atom. The molecule has 0 saturated carbocycles. The highest BCUT2D eigenvalue weighted by Gasteiger charge is 2.41. The monoisotopic (exact) mass is 352 g/mol. The van der Waals surface area contributed by atoms with E-state index in [1.807, 2.05) is 6.92 Å². The van der Waals surface area contributed by atoms with Crippen molar-refractivity contribution in [1.82, 2.24) is 15.2 Å². The van der Waals surface area contributed by atoms with Gasteiger partial charge >= 0.3 is 0 Å². The molecule has 134 valence electrons. The Balaban J connectivity index is 1.91. The first-order chi connectivity index (χ1) is 11.2. The number of likely N-dealkylation sites (N-methyl/N-ethyl adjacent to an activating group) is 1. The van der Waals surface area contributed by atoms with Gasteiger partial charge in [-0.2, -0.15) is 0 Å². The molecule has 7 heteroatoms. The van der Waals surface area contributed by atoms with E-state index in [2.05, 4.69) is 47.7 Å². The normalized spacial score (nSPS) is 18.8. The van der Waals surface area contributed by atoms with Gasteiger partial charge in [0, 0.05) is 30.4 Å². The van der Waals surface area contributed by atoms with Crippen molar-refractivity contribution >= 4 is 22.4 Å². The Kier molecular flexibility index (Phi) is 5.67. The minimum atomic E-state index is -0.388. The Hall–Kier alpha value is -1.44. The van der Waals surface area contributed by atoms with Crippen molar-refractivity contribution in [2.45, 2.75) is 25.8 Å². The minimum Gasteiger partial charge on any atom is -0.396 e. The molecule has 0 spiro atoms. The van der Waals surface area contributed by atoms with E-state index in [9.17, 15) is 9.90 Å². The number of hydrogen-bond donors (Lipinski definition) is 2. The van der Waals surface area contributed by atoms with Gasteiger partial charge in [-0.05, 0) is 27.4 Å². The second-order valence-electron chi connectivity index (χ2n) is 7.41. The average Bonchev–Trinajstić information content (AvgIpc) is 2.99. The number of allylic oxidation sites excluding steroid dienone is 1. The number of thiazole rings is 1. The van der Waals surface area contributed by atoms with Crippen LogP contribution in [-0.2, 0) is 0 Å². The number of aliphatic hydroxyl groups excluding tert-OH is 1. The molecule has 0 aromatic carbocycles. The zero-order chi connectivity index (χ0) is 18.0. The van der Waals surface area contributed by atoms with Crippen LogP contribution in [0.1, 0.15) is 30.8 Å². The van der Waals surface area contributed by atoms with E-state index in [0.29, 0.717) is 18.7 Å². The lowest BCUT2D eigenvalue weighted by Crippen LogP contribution is -2.67. The highest BCUT2D eigenvalue weighted by atomic mass is 32.1. The molecule has 1 aliphatic rings. The molecule has 0 aliphatic carbocycles. The molecule has 1 fully saturated rings. The number of hydrogen-bond acceptors (Lipinski definition) is 6. The summed E-state index contributed by atoms with van der Waals surface area (Å²) in [4.78, 5) is 21.2. The molecule has 1 aromatic rings. The molecular weight excluding hydrogens is 324 g/mol. The summed E-state index contributed by atoms with van der Waals surface area (Å²) in [7, 11) is 4.17. The summed E-state index contributed by atoms with van der Waals surface area (Å²) < 4.78 is 0. The molecule has 2 heterocycles. The molecule has 0 radical (unpaired) electrons. The van der Waals surface area contributed by atoms with E-state index >= 15 is 0 Å². The van der Waals surface area contributed by atoms with Crippen molar-refractivity contribution in [1.29, 1.82) is 0 Å². The van der Waals surface area contributed by atoms with Crippen LogP contribution in [0.15, 0.2) is 18.0 Å². The molecule has 2 rings (SSSR count). The lowest BCUT2D eigenvalue weighted by molar-refractivity contribution is 0.0894. The van der Waals surface area contributed by atoms with Crippen LogP contribution in [0.3, 0.4) is 0 Å². The SMILES string of the molecule is C=CCC(C)(CO)CNC(=O)c1csc(N2CC(C)(N(C)C)C2)n1. The van der Waals surface area contributed by atoms with Gasteiger partial charge in [-0.15, -0.1) is 17.9 Å². The quantitative estimate of drug-likeness (QED) is 0.696. The number of aromatic nitrogens is 1. The summed E-state index contributed by atoms with van der Waals surface area (Å²) in [6, 6.07) is 0. The fourth-order valence-corrected chi connectivity index (χ4v) is 3.44. The molecule has 0 bridgehead atoms. The van der Waals surface area contributed by atoms with Gasteiger partial charge in [0.1, 0.15) is 5.69 Å². The predicted octanol–water partition coefficient (Wildman–Crippen LogP) is 1.59. The summed E-state index contributed by atoms with van der Waals surface area (Å²) in [5, 5.41) is 15.0. The molecule has 24 heavy (non-hydrogen) atoms. The first-order valence-electron chi connectivity index (χ1n) is 8.11. The van der Waals surface area contributed by atoms with Crippen molar-refractivity contribution in [3.63, 3.8) is 0 Å². The number of anilines is 1. The minimum absolute atomic E-state index is 0.00148. The summed E-state index contributed by atoms with van der Waals surface area (Å²) >= 11 is 1.49. The number of aliphatic hydroxyl groups is 1. The molecule has 6 nitrogen and oxygen atoms in total. The summed E-state index contributed by atoms with van der Waals surface area (Å²) in [6.45, 7) is 10.1. The van der Waals surface area contributed by atoms with E-state index in [1.54, 1.807) is 11.5 Å². The number of rotatable bonds is 8. The fraction of sp³-hybridized carbons (Fsp3) is 0.647. The molecule has 1 atom stereocenters. The van der Waals surface area contributed by atoms with Crippen molar-refractivity contribution in [3.05, 3.63) is 23.7 Å². The van der Waals surface area contributed by atoms with Gasteiger partial charge in [0.25, 0.3) is 5.91 Å². The smallest absolute Gasteiger partial charge is 0.270 e. The Bertz CT molecular complexity index is 595. The lowest BCUT2D eigenvalue weighted by Gasteiger charge is -2.51. The van der Waals surface area contributed by atoms with Crippen LogP contribution in [0, 0.1) is 5.41 Å². The maximum absolute atomic E-state index is 12.3. The molecule has 2 N–H and O–H groups in total. The second-order valence-corrected chi connectivity index (χ2v) is 8.24. The molecule has 1 saturated heterocycles. The second kappa shape index (κ2) is 7.21. The third-order valence-electron chi connectivity index (χ3n) is 4.83. The lowest BCUT2D eigenvalue weighted by atomic mass is 9.88. The fourth-order valence-electron chi connectivity index (χ4n) is 2.63. The average molecular weight is 353 g/mol. The van der Waals surface area contributed by atoms with Crippen molar-refractivity contribution < 1.29 is 9.90 Å². The highest BCUT2D eigenvalue weighted by molar-refractivity contribution is 7.14. The zero-order valence-electron chi connectivity index (χ0n) is 15.0. The Morgan fingerprint density at radius 1 is 1.62 bits per heavy atom. The maximum Gasteiger partial charge on any atom is 0.270 e. The Labute approximate surface area is 148 Å². The van der Waals surface area contributed by atoms with E-state index in [1.165, 1.54) is 11.3 Å². The van der Waals surface area contributed by atoms with Gasteiger partial charge < -0.3 is 20.2 Å². The van der Waals surface area contributed by atoms with Crippen LogP contribution in [-0.4, -0.2) is 66.8 Å². The molecular formula is C17H28N4O2S. The predicted molar refractivity (Wildman–Crippen MR) is 98.8 cm³/mol. The third-order valence-corrected chi connectivity index (χ3v) is 5.73. The molecule has 1 aromatic heterocycles. The van der Waals surface area contributed by atoms with Crippen LogP contribution in [0.25, 0.3) is 0 Å². The summed E-state index contributed by atoms with van der Waals surface area (Å²) in [5.74, 6) is -0.197. The van der Waals surface area contributed by atoms with Crippen molar-refractivity contribution in [2.24, 2.45) is 5.41 Å². The number of carbonyl (C=O) groups is 1. The number of amides is 1. The molecule has 1 unspecified atom stereocenters.